The van der Waals surface area contributed by atoms with Crippen LogP contribution < -0.4 is 16.1 Å². The summed E-state index contributed by atoms with van der Waals surface area (Å²) in [6.45, 7) is 0. The summed E-state index contributed by atoms with van der Waals surface area (Å²) in [7, 11) is 0. The van der Waals surface area contributed by atoms with Gasteiger partial charge in [-0.2, -0.15) is 0 Å². The predicted molar refractivity (Wildman–Crippen MR) is 132 cm³/mol. The Morgan fingerprint density at radius 2 is 1.82 bits per heavy atom. The Kier molecular flexibility index (Phi) is 5.19. The van der Waals surface area contributed by atoms with Crippen molar-refractivity contribution in [3.05, 3.63) is 81.1 Å². The fourth-order valence-corrected chi connectivity index (χ4v) is 7.12. The van der Waals surface area contributed by atoms with Gasteiger partial charge in [-0.1, -0.05) is 41.9 Å². The molecule has 3 aromatic rings. The van der Waals surface area contributed by atoms with Crippen LogP contribution in [0.5, 0.6) is 0 Å². The Morgan fingerprint density at radius 3 is 2.53 bits per heavy atom. The normalized spacial score (nSPS) is 30.3. The van der Waals surface area contributed by atoms with Crippen LogP contribution in [0.4, 0.5) is 4.79 Å². The lowest BCUT2D eigenvalue weighted by molar-refractivity contribution is -0.136. The third kappa shape index (κ3) is 3.79. The highest BCUT2D eigenvalue weighted by molar-refractivity contribution is 6.31. The summed E-state index contributed by atoms with van der Waals surface area (Å²) in [5.74, 6) is 1.20. The lowest BCUT2D eigenvalue weighted by atomic mass is 9.52. The van der Waals surface area contributed by atoms with Gasteiger partial charge in [-0.05, 0) is 73.6 Å². The van der Waals surface area contributed by atoms with Gasteiger partial charge >= 0.3 is 6.03 Å². The Hall–Kier alpha value is -2.83. The molecule has 4 N–H and O–H groups in total. The monoisotopic (exact) mass is 477 g/mol. The summed E-state index contributed by atoms with van der Waals surface area (Å²) >= 11 is 6.09. The van der Waals surface area contributed by atoms with E-state index in [4.69, 9.17) is 11.6 Å². The van der Waals surface area contributed by atoms with Crippen LogP contribution in [0.15, 0.2) is 59.5 Å². The molecule has 2 aromatic carbocycles. The molecule has 4 saturated carbocycles. The highest BCUT2D eigenvalue weighted by Gasteiger charge is 2.55. The van der Waals surface area contributed by atoms with E-state index in [1.807, 2.05) is 30.3 Å². The molecule has 7 heteroatoms. The largest absolute Gasteiger partial charge is 0.390 e. The lowest BCUT2D eigenvalue weighted by Gasteiger charge is -2.58. The SMILES string of the molecule is O=C(NC(c1ccccc1)c1c[nH]c2cc(Cl)ccc2c1=O)NC1C2CC3CC1CC(O)(C3)C2. The van der Waals surface area contributed by atoms with E-state index in [1.54, 1.807) is 24.4 Å². The van der Waals surface area contributed by atoms with Gasteiger partial charge in [0.05, 0.1) is 17.2 Å². The average molecular weight is 478 g/mol. The summed E-state index contributed by atoms with van der Waals surface area (Å²) in [5.41, 5.74) is 1.27. The number of aromatic nitrogens is 1. The van der Waals surface area contributed by atoms with Crippen LogP contribution in [0.2, 0.25) is 5.02 Å². The Balaban J connectivity index is 1.29. The van der Waals surface area contributed by atoms with E-state index in [1.165, 1.54) is 0 Å². The van der Waals surface area contributed by atoms with Crippen LogP contribution in [0.3, 0.4) is 0 Å². The molecule has 176 valence electrons. The third-order valence-electron chi connectivity index (χ3n) is 8.13. The van der Waals surface area contributed by atoms with Crippen molar-refractivity contribution in [1.82, 2.24) is 15.6 Å². The van der Waals surface area contributed by atoms with Gasteiger partial charge in [-0.25, -0.2) is 4.79 Å². The molecule has 3 unspecified atom stereocenters. The molecular formula is C27H28ClN3O3. The number of aliphatic hydroxyl groups is 1. The Morgan fingerprint density at radius 1 is 1.09 bits per heavy atom. The number of urea groups is 1. The molecule has 4 bridgehead atoms. The van der Waals surface area contributed by atoms with Crippen LogP contribution in [0.1, 0.15) is 49.3 Å². The molecule has 3 atom stereocenters. The van der Waals surface area contributed by atoms with E-state index >= 15 is 0 Å². The summed E-state index contributed by atoms with van der Waals surface area (Å²) in [6.07, 6.45) is 6.24. The van der Waals surface area contributed by atoms with Crippen LogP contribution in [0.25, 0.3) is 10.9 Å². The van der Waals surface area contributed by atoms with Gasteiger partial charge in [0, 0.05) is 28.2 Å². The van der Waals surface area contributed by atoms with Crippen molar-refractivity contribution in [2.24, 2.45) is 17.8 Å². The minimum Gasteiger partial charge on any atom is -0.390 e. The van der Waals surface area contributed by atoms with Crippen LogP contribution in [0, 0.1) is 17.8 Å². The molecule has 4 fully saturated rings. The molecule has 6 nitrogen and oxygen atoms in total. The Labute approximate surface area is 202 Å². The first-order chi connectivity index (χ1) is 16.4. The van der Waals surface area contributed by atoms with E-state index in [0.717, 1.165) is 37.7 Å². The maximum absolute atomic E-state index is 13.4. The van der Waals surface area contributed by atoms with Crippen molar-refractivity contribution in [2.45, 2.75) is 49.8 Å². The number of nitrogens with one attached hydrogen (secondary N) is 3. The highest BCUT2D eigenvalue weighted by atomic mass is 35.5. The molecule has 4 aliphatic rings. The molecule has 34 heavy (non-hydrogen) atoms. The zero-order valence-electron chi connectivity index (χ0n) is 18.8. The van der Waals surface area contributed by atoms with Gasteiger partial charge in [0.15, 0.2) is 5.43 Å². The Bertz CT molecular complexity index is 1290. The highest BCUT2D eigenvalue weighted by Crippen LogP contribution is 2.55. The molecule has 7 rings (SSSR count). The van der Waals surface area contributed by atoms with Crippen molar-refractivity contribution in [1.29, 1.82) is 0 Å². The smallest absolute Gasteiger partial charge is 0.315 e. The van der Waals surface area contributed by atoms with Crippen molar-refractivity contribution < 1.29 is 9.90 Å². The maximum Gasteiger partial charge on any atom is 0.315 e. The topological polar surface area (TPSA) is 94.2 Å². The number of pyridine rings is 1. The van der Waals surface area contributed by atoms with Crippen LogP contribution in [-0.2, 0) is 0 Å². The summed E-state index contributed by atoms with van der Waals surface area (Å²) in [6, 6.07) is 13.8. The number of fused-ring (bicyclic) bond motifs is 1. The molecule has 0 aliphatic heterocycles. The first kappa shape index (κ1) is 21.7. The number of rotatable bonds is 4. The molecule has 2 amide bonds. The maximum atomic E-state index is 13.4. The number of carbonyl (C=O) groups is 1. The van der Waals surface area contributed by atoms with Crippen molar-refractivity contribution in [3.8, 4) is 0 Å². The van der Waals surface area contributed by atoms with E-state index in [-0.39, 0.29) is 17.5 Å². The van der Waals surface area contributed by atoms with E-state index in [9.17, 15) is 14.7 Å². The van der Waals surface area contributed by atoms with Crippen molar-refractivity contribution >= 4 is 28.5 Å². The number of carbonyl (C=O) groups excluding carboxylic acids is 1. The summed E-state index contributed by atoms with van der Waals surface area (Å²) in [4.78, 5) is 29.8. The number of hydrogen-bond acceptors (Lipinski definition) is 3. The van der Waals surface area contributed by atoms with Gasteiger partial charge in [-0.3, -0.25) is 4.79 Å². The van der Waals surface area contributed by atoms with Crippen LogP contribution >= 0.6 is 11.6 Å². The molecule has 0 radical (unpaired) electrons. The third-order valence-corrected chi connectivity index (χ3v) is 8.36. The average Bonchev–Trinajstić information content (AvgIpc) is 2.80. The van der Waals surface area contributed by atoms with E-state index < -0.39 is 11.6 Å². The predicted octanol–water partition coefficient (Wildman–Crippen LogP) is 4.51. The molecule has 0 saturated heterocycles. The van der Waals surface area contributed by atoms with Crippen LogP contribution in [-0.4, -0.2) is 27.8 Å². The minimum atomic E-state index is -0.606. The standard InChI is InChI=1S/C27H28ClN3O3/c28-19-6-7-20-22(10-19)29-14-21(25(20)32)24(16-4-2-1-3-5-16)31-26(33)30-23-17-8-15-9-18(23)13-27(34,11-15)12-17/h1-7,10,14-15,17-18,23-24,34H,8-9,11-13H2,(H,29,32)(H2,30,31,33). The molecule has 4 aliphatic carbocycles. The molecule has 1 heterocycles. The van der Waals surface area contributed by atoms with E-state index in [2.05, 4.69) is 15.6 Å². The van der Waals surface area contributed by atoms with Gasteiger partial charge in [0.25, 0.3) is 0 Å². The second-order valence-corrected chi connectivity index (χ2v) is 10.9. The lowest BCUT2D eigenvalue weighted by Crippen LogP contribution is -2.62. The van der Waals surface area contributed by atoms with Gasteiger partial charge in [0.2, 0.25) is 0 Å². The number of halogens is 1. The molecule has 1 aromatic heterocycles. The fourth-order valence-electron chi connectivity index (χ4n) is 6.95. The fraction of sp³-hybridized carbons (Fsp3) is 0.407. The van der Waals surface area contributed by atoms with Crippen molar-refractivity contribution in [2.75, 3.05) is 0 Å². The van der Waals surface area contributed by atoms with Gasteiger partial charge in [-0.15, -0.1) is 0 Å². The zero-order chi connectivity index (χ0) is 23.4. The second kappa shape index (κ2) is 8.14. The first-order valence-corrected chi connectivity index (χ1v) is 12.4. The second-order valence-electron chi connectivity index (χ2n) is 10.4. The summed E-state index contributed by atoms with van der Waals surface area (Å²) < 4.78 is 0. The zero-order valence-corrected chi connectivity index (χ0v) is 19.5. The van der Waals surface area contributed by atoms with E-state index in [0.29, 0.717) is 39.2 Å². The number of hydrogen-bond donors (Lipinski definition) is 4. The quantitative estimate of drug-likeness (QED) is 0.445. The molecule has 0 spiro atoms. The molecular weight excluding hydrogens is 450 g/mol. The minimum absolute atomic E-state index is 0.0604. The van der Waals surface area contributed by atoms with Gasteiger partial charge < -0.3 is 20.7 Å². The first-order valence-electron chi connectivity index (χ1n) is 12.0. The number of benzene rings is 2. The van der Waals surface area contributed by atoms with Crippen molar-refractivity contribution in [3.63, 3.8) is 0 Å². The number of amides is 2. The number of H-pyrrole nitrogens is 1. The number of aromatic amines is 1. The summed E-state index contributed by atoms with van der Waals surface area (Å²) in [5, 5.41) is 18.2. The van der Waals surface area contributed by atoms with Gasteiger partial charge in [0.1, 0.15) is 0 Å².